The smallest absolute Gasteiger partial charge is 0.141 e. The Morgan fingerprint density at radius 3 is 2.69 bits per heavy atom. The molecule has 0 aliphatic rings. The Kier molecular flexibility index (Phi) is 2.93. The SMILES string of the molecule is C=CC(N)c1ccc(OC)c(N)c1. The van der Waals surface area contributed by atoms with E-state index >= 15 is 0 Å². The summed E-state index contributed by atoms with van der Waals surface area (Å²) in [6.07, 6.45) is 1.67. The van der Waals surface area contributed by atoms with Gasteiger partial charge in [-0.25, -0.2) is 0 Å². The van der Waals surface area contributed by atoms with Gasteiger partial charge in [0.1, 0.15) is 5.75 Å². The number of anilines is 1. The van der Waals surface area contributed by atoms with Gasteiger partial charge >= 0.3 is 0 Å². The van der Waals surface area contributed by atoms with E-state index in [4.69, 9.17) is 16.2 Å². The second-order valence-corrected chi connectivity index (χ2v) is 2.76. The van der Waals surface area contributed by atoms with Gasteiger partial charge in [0, 0.05) is 6.04 Å². The van der Waals surface area contributed by atoms with Crippen LogP contribution in [0.2, 0.25) is 0 Å². The average Bonchev–Trinajstić information content (AvgIpc) is 2.16. The Bertz CT molecular complexity index is 310. The molecule has 3 heteroatoms. The van der Waals surface area contributed by atoms with E-state index in [0.717, 1.165) is 5.56 Å². The molecule has 4 N–H and O–H groups in total. The van der Waals surface area contributed by atoms with E-state index in [1.54, 1.807) is 25.3 Å². The second-order valence-electron chi connectivity index (χ2n) is 2.76. The van der Waals surface area contributed by atoms with Crippen LogP contribution in [-0.2, 0) is 0 Å². The molecule has 0 spiro atoms. The number of nitrogens with two attached hydrogens (primary N) is 2. The first kappa shape index (κ1) is 9.61. The van der Waals surface area contributed by atoms with E-state index in [1.165, 1.54) is 0 Å². The van der Waals surface area contributed by atoms with Crippen LogP contribution < -0.4 is 16.2 Å². The summed E-state index contributed by atoms with van der Waals surface area (Å²) in [5, 5.41) is 0. The Morgan fingerprint density at radius 1 is 1.54 bits per heavy atom. The van der Waals surface area contributed by atoms with Crippen LogP contribution in [0.15, 0.2) is 30.9 Å². The minimum atomic E-state index is -0.173. The number of benzene rings is 1. The number of hydrogen-bond acceptors (Lipinski definition) is 3. The lowest BCUT2D eigenvalue weighted by molar-refractivity contribution is 0.417. The topological polar surface area (TPSA) is 61.3 Å². The van der Waals surface area contributed by atoms with Gasteiger partial charge in [0.05, 0.1) is 12.8 Å². The highest BCUT2D eigenvalue weighted by atomic mass is 16.5. The van der Waals surface area contributed by atoms with Crippen LogP contribution in [0.4, 0.5) is 5.69 Å². The third-order valence-electron chi connectivity index (χ3n) is 1.89. The first-order chi connectivity index (χ1) is 6.19. The normalized spacial score (nSPS) is 12.2. The molecule has 0 radical (unpaired) electrons. The third kappa shape index (κ3) is 2.00. The molecule has 1 unspecified atom stereocenters. The summed E-state index contributed by atoms with van der Waals surface area (Å²) in [6.45, 7) is 3.61. The lowest BCUT2D eigenvalue weighted by Crippen LogP contribution is -2.07. The summed E-state index contributed by atoms with van der Waals surface area (Å²) < 4.78 is 5.02. The van der Waals surface area contributed by atoms with Crippen LogP contribution in [-0.4, -0.2) is 7.11 Å². The second kappa shape index (κ2) is 3.96. The van der Waals surface area contributed by atoms with Crippen LogP contribution in [0.1, 0.15) is 11.6 Å². The number of nitrogen functional groups attached to an aromatic ring is 1. The molecule has 1 rings (SSSR count). The van der Waals surface area contributed by atoms with Crippen molar-refractivity contribution in [2.75, 3.05) is 12.8 Å². The molecule has 3 nitrogen and oxygen atoms in total. The summed E-state index contributed by atoms with van der Waals surface area (Å²) in [7, 11) is 1.58. The minimum absolute atomic E-state index is 0.173. The fraction of sp³-hybridized carbons (Fsp3) is 0.200. The maximum absolute atomic E-state index is 5.74. The number of ether oxygens (including phenoxy) is 1. The van der Waals surface area contributed by atoms with Crippen LogP contribution in [0, 0.1) is 0 Å². The molecule has 1 aromatic carbocycles. The number of hydrogen-bond donors (Lipinski definition) is 2. The van der Waals surface area contributed by atoms with E-state index in [1.807, 2.05) is 6.07 Å². The zero-order valence-corrected chi connectivity index (χ0v) is 7.66. The first-order valence-corrected chi connectivity index (χ1v) is 4.00. The van der Waals surface area contributed by atoms with Gasteiger partial charge < -0.3 is 16.2 Å². The maximum Gasteiger partial charge on any atom is 0.141 e. The van der Waals surface area contributed by atoms with E-state index in [2.05, 4.69) is 6.58 Å². The predicted molar refractivity (Wildman–Crippen MR) is 54.5 cm³/mol. The summed E-state index contributed by atoms with van der Waals surface area (Å²) in [6, 6.07) is 5.30. The summed E-state index contributed by atoms with van der Waals surface area (Å²) in [5.74, 6) is 0.667. The molecular formula is C10H14N2O. The van der Waals surface area contributed by atoms with Gasteiger partial charge in [0.25, 0.3) is 0 Å². The van der Waals surface area contributed by atoms with Crippen molar-refractivity contribution in [1.82, 2.24) is 0 Å². The van der Waals surface area contributed by atoms with Crippen molar-refractivity contribution >= 4 is 5.69 Å². The van der Waals surface area contributed by atoms with E-state index in [9.17, 15) is 0 Å². The molecule has 0 amide bonds. The summed E-state index contributed by atoms with van der Waals surface area (Å²) >= 11 is 0. The molecule has 0 aromatic heterocycles. The standard InChI is InChI=1S/C10H14N2O/c1-3-8(11)7-4-5-10(13-2)9(12)6-7/h3-6,8H,1,11-12H2,2H3. The average molecular weight is 178 g/mol. The number of methoxy groups -OCH3 is 1. The zero-order valence-electron chi connectivity index (χ0n) is 7.66. The van der Waals surface area contributed by atoms with Crippen molar-refractivity contribution in [2.45, 2.75) is 6.04 Å². The van der Waals surface area contributed by atoms with E-state index < -0.39 is 0 Å². The van der Waals surface area contributed by atoms with Gasteiger partial charge in [0.15, 0.2) is 0 Å². The molecule has 0 saturated heterocycles. The van der Waals surface area contributed by atoms with Gasteiger partial charge in [-0.3, -0.25) is 0 Å². The summed E-state index contributed by atoms with van der Waals surface area (Å²) in [4.78, 5) is 0. The van der Waals surface area contributed by atoms with E-state index in [0.29, 0.717) is 11.4 Å². The van der Waals surface area contributed by atoms with Crippen LogP contribution >= 0.6 is 0 Å². The van der Waals surface area contributed by atoms with Gasteiger partial charge in [-0.15, -0.1) is 6.58 Å². The Morgan fingerprint density at radius 2 is 2.23 bits per heavy atom. The highest BCUT2D eigenvalue weighted by Gasteiger charge is 2.04. The van der Waals surface area contributed by atoms with Crippen LogP contribution in [0.5, 0.6) is 5.75 Å². The third-order valence-corrected chi connectivity index (χ3v) is 1.89. The highest BCUT2D eigenvalue weighted by molar-refractivity contribution is 5.55. The van der Waals surface area contributed by atoms with Crippen molar-refractivity contribution in [1.29, 1.82) is 0 Å². The van der Waals surface area contributed by atoms with Crippen molar-refractivity contribution < 1.29 is 4.74 Å². The molecule has 70 valence electrons. The minimum Gasteiger partial charge on any atom is -0.495 e. The van der Waals surface area contributed by atoms with Gasteiger partial charge in [-0.1, -0.05) is 12.1 Å². The molecule has 0 saturated carbocycles. The van der Waals surface area contributed by atoms with Crippen molar-refractivity contribution in [3.8, 4) is 5.75 Å². The van der Waals surface area contributed by atoms with Crippen molar-refractivity contribution in [2.24, 2.45) is 5.73 Å². The molecule has 0 bridgehead atoms. The van der Waals surface area contributed by atoms with Gasteiger partial charge in [-0.2, -0.15) is 0 Å². The zero-order chi connectivity index (χ0) is 9.84. The van der Waals surface area contributed by atoms with Crippen LogP contribution in [0.25, 0.3) is 0 Å². The first-order valence-electron chi connectivity index (χ1n) is 4.00. The number of rotatable bonds is 3. The Hall–Kier alpha value is -1.48. The summed E-state index contributed by atoms with van der Waals surface area (Å²) in [5.41, 5.74) is 13.0. The highest BCUT2D eigenvalue weighted by Crippen LogP contribution is 2.24. The lowest BCUT2D eigenvalue weighted by atomic mass is 10.1. The largest absolute Gasteiger partial charge is 0.495 e. The van der Waals surface area contributed by atoms with Crippen molar-refractivity contribution in [3.05, 3.63) is 36.4 Å². The van der Waals surface area contributed by atoms with Gasteiger partial charge in [-0.05, 0) is 17.7 Å². The lowest BCUT2D eigenvalue weighted by Gasteiger charge is -2.09. The maximum atomic E-state index is 5.74. The molecule has 0 heterocycles. The fourth-order valence-corrected chi connectivity index (χ4v) is 1.10. The predicted octanol–water partition coefficient (Wildman–Crippen LogP) is 1.46. The molecule has 0 aliphatic heterocycles. The van der Waals surface area contributed by atoms with E-state index in [-0.39, 0.29) is 6.04 Å². The Balaban J connectivity index is 3.02. The Labute approximate surface area is 78.0 Å². The molecule has 1 aromatic rings. The molecule has 1 atom stereocenters. The van der Waals surface area contributed by atoms with Gasteiger partial charge in [0.2, 0.25) is 0 Å². The van der Waals surface area contributed by atoms with Crippen LogP contribution in [0.3, 0.4) is 0 Å². The quantitative estimate of drug-likeness (QED) is 0.544. The van der Waals surface area contributed by atoms with Crippen molar-refractivity contribution in [3.63, 3.8) is 0 Å². The molecule has 0 aliphatic carbocycles. The monoisotopic (exact) mass is 178 g/mol. The molecule has 0 fully saturated rings. The fourth-order valence-electron chi connectivity index (χ4n) is 1.10. The molecule has 13 heavy (non-hydrogen) atoms. The molecular weight excluding hydrogens is 164 g/mol.